The summed E-state index contributed by atoms with van der Waals surface area (Å²) in [6.45, 7) is -8.31. The Kier molecular flexibility index (Phi) is 8.14. The number of carbonyl (C=O) groups excluding carboxylic acids is 2. The molecule has 0 spiro atoms. The molecule has 252 valence electrons. The van der Waals surface area contributed by atoms with Gasteiger partial charge in [0.15, 0.2) is 0 Å². The molecule has 0 amide bonds. The van der Waals surface area contributed by atoms with Crippen LogP contribution in [0.5, 0.6) is 11.5 Å². The number of nitrogens with zero attached hydrogens (tertiary/aromatic N) is 1. The lowest BCUT2D eigenvalue weighted by molar-refractivity contribution is -0.757. The van der Waals surface area contributed by atoms with Gasteiger partial charge in [0, 0.05) is 19.5 Å². The summed E-state index contributed by atoms with van der Waals surface area (Å²) in [7, 11) is 3.05. The Morgan fingerprint density at radius 2 is 1.11 bits per heavy atom. The smallest absolute Gasteiger partial charge is 0.313 e. The second kappa shape index (κ2) is 19.2. The van der Waals surface area contributed by atoms with Crippen LogP contribution >= 0.6 is 11.6 Å². The van der Waals surface area contributed by atoms with Crippen LogP contribution in [0.4, 0.5) is 0 Å². The molecule has 10 nitrogen and oxygen atoms in total. The van der Waals surface area contributed by atoms with Gasteiger partial charge < -0.3 is 23.8 Å². The van der Waals surface area contributed by atoms with E-state index in [0.717, 1.165) is 21.5 Å². The number of alkyl halides is 1. The first-order valence-corrected chi connectivity index (χ1v) is 14.0. The third kappa shape index (κ3) is 11.6. The van der Waals surface area contributed by atoms with Crippen LogP contribution in [0.25, 0.3) is 21.5 Å². The van der Waals surface area contributed by atoms with Crippen molar-refractivity contribution < 1.29 is 60.4 Å². The zero-order valence-electron chi connectivity index (χ0n) is 41.6. The molecule has 0 radical (unpaired) electrons. The Morgan fingerprint density at radius 1 is 0.702 bits per heavy atom. The second-order valence-electron chi connectivity index (χ2n) is 9.45. The van der Waals surface area contributed by atoms with Crippen molar-refractivity contribution in [3.05, 3.63) is 94.0 Å². The van der Waals surface area contributed by atoms with E-state index in [1.54, 1.807) is 79.9 Å². The van der Waals surface area contributed by atoms with E-state index in [-0.39, 0.29) is 0 Å². The van der Waals surface area contributed by atoms with E-state index in [1.165, 1.54) is 21.0 Å². The van der Waals surface area contributed by atoms with E-state index in [0.29, 0.717) is 22.6 Å². The number of esters is 2. The van der Waals surface area contributed by atoms with E-state index >= 15 is 0 Å². The molecule has 4 aromatic rings. The lowest BCUT2D eigenvalue weighted by Gasteiger charge is -2.13. The molecule has 0 fully saturated rings. The van der Waals surface area contributed by atoms with Gasteiger partial charge in [-0.1, -0.05) is 48.5 Å². The summed E-state index contributed by atoms with van der Waals surface area (Å²) >= 11 is 5.29. The van der Waals surface area contributed by atoms with E-state index in [2.05, 4.69) is 14.3 Å². The first-order valence-electron chi connectivity index (χ1n) is 21.7. The highest BCUT2D eigenvalue weighted by molar-refractivity contribution is 6.17. The SMILES string of the molecule is [2H]C([2H])(Cl)C([2H])([2H])C([2H])([2H])C([2H])([2H])OC(=O)[C@@H](C)c1ccc2cc(OC)ccc2c1.[2H]C([2H])(OC(=O)[C@@H](C)c1ccc2cc(OC)ccc2c1)C([2H])([2H])C([2H])([2H])C([2H])([2H])O[N+](=O)[O-]. The van der Waals surface area contributed by atoms with Crippen molar-refractivity contribution >= 4 is 45.1 Å². The molecule has 0 heterocycles. The summed E-state index contributed by atoms with van der Waals surface area (Å²) in [6, 6.07) is 20.5. The molecule has 4 aromatic carbocycles. The van der Waals surface area contributed by atoms with Crippen molar-refractivity contribution in [2.24, 2.45) is 0 Å². The molecular weight excluding hydrogens is 626 g/mol. The van der Waals surface area contributed by atoms with Crippen molar-refractivity contribution in [1.29, 1.82) is 0 Å². The molecule has 0 aliphatic rings. The molecule has 4 rings (SSSR count). The minimum absolute atomic E-state index is 0.393. The van der Waals surface area contributed by atoms with Crippen molar-refractivity contribution in [3.8, 4) is 11.5 Å². The van der Waals surface area contributed by atoms with Crippen LogP contribution in [-0.2, 0) is 23.9 Å². The van der Waals surface area contributed by atoms with E-state index in [4.69, 9.17) is 43.0 Å². The summed E-state index contributed by atoms with van der Waals surface area (Å²) < 4.78 is 142. The zero-order chi connectivity index (χ0) is 48.5. The van der Waals surface area contributed by atoms with Crippen molar-refractivity contribution in [3.63, 3.8) is 0 Å². The lowest BCUT2D eigenvalue weighted by atomic mass is 9.98. The minimum Gasteiger partial charge on any atom is -0.497 e. The van der Waals surface area contributed by atoms with Crippen LogP contribution in [0.1, 0.15) is 84.2 Å². The molecule has 0 aliphatic heterocycles. The molecular formula is C36H42ClNO9. The molecule has 0 unspecified atom stereocenters. The Hall–Kier alpha value is -4.57. The van der Waals surface area contributed by atoms with E-state index < -0.39 is 79.9 Å². The number of fused-ring (bicyclic) bond motifs is 2. The van der Waals surface area contributed by atoms with Gasteiger partial charge >= 0.3 is 11.9 Å². The normalized spacial score (nSPS) is 19.4. The van der Waals surface area contributed by atoms with Crippen LogP contribution in [0.15, 0.2) is 72.8 Å². The summed E-state index contributed by atoms with van der Waals surface area (Å²) in [6.07, 6.45) is -14.9. The molecule has 47 heavy (non-hydrogen) atoms. The Balaban J connectivity index is 0.000000337. The van der Waals surface area contributed by atoms with Gasteiger partial charge in [-0.2, -0.15) is 0 Å². The summed E-state index contributed by atoms with van der Waals surface area (Å²) in [4.78, 5) is 39.2. The third-order valence-electron chi connectivity index (χ3n) is 6.60. The molecule has 11 heteroatoms. The number of benzene rings is 4. The first kappa shape index (κ1) is 19.9. The molecule has 0 aliphatic carbocycles. The van der Waals surface area contributed by atoms with Gasteiger partial charge in [-0.25, -0.2) is 0 Å². The number of hydrogen-bond donors (Lipinski definition) is 0. The monoisotopic (exact) mass is 683 g/mol. The summed E-state index contributed by atoms with van der Waals surface area (Å²) in [5, 5.41) is 12.0. The Labute approximate surface area is 302 Å². The molecule has 0 saturated heterocycles. The van der Waals surface area contributed by atoms with Gasteiger partial charge in [0.1, 0.15) is 11.5 Å². The third-order valence-corrected chi connectivity index (χ3v) is 6.69. The van der Waals surface area contributed by atoms with Gasteiger partial charge in [0.05, 0.1) is 54.0 Å². The number of methoxy groups -OCH3 is 2. The van der Waals surface area contributed by atoms with Crippen LogP contribution in [0, 0.1) is 10.1 Å². The van der Waals surface area contributed by atoms with Crippen LogP contribution in [0.2, 0.25) is 0 Å². The number of rotatable bonds is 16. The summed E-state index contributed by atoms with van der Waals surface area (Å²) in [5.74, 6) is -6.48. The minimum atomic E-state index is -3.94. The average Bonchev–Trinajstić information content (AvgIpc) is 3.17. The standard InChI is InChI=1S/C18H21ClO3.C18H21NO6/c1-13(18(20)22-10-4-3-9-19)14-5-6-16-12-17(21-2)8-7-15(16)11-14;1-13(18(20)24-9-3-4-10-25-19(21)22)14-5-6-16-12-17(23-2)8-7-15(16)11-14/h5-8,11-13H,3-4,9-10H2,1-2H3;5-8,11-13H,3-4,9-10H2,1-2H3/t2*13-/m00/s1/i2*3D2,4D2,9D2,10D2. The fourth-order valence-electron chi connectivity index (χ4n) is 4.04. The number of hydrogen-bond acceptors (Lipinski definition) is 9. The number of carbonyl (C=O) groups is 2. The predicted octanol–water partition coefficient (Wildman–Crippen LogP) is 8.00. The highest BCUT2D eigenvalue weighted by Crippen LogP contribution is 2.27. The highest BCUT2D eigenvalue weighted by Gasteiger charge is 2.18. The van der Waals surface area contributed by atoms with Crippen LogP contribution < -0.4 is 9.47 Å². The fourth-order valence-corrected chi connectivity index (χ4v) is 4.09. The maximum absolute atomic E-state index is 12.6. The van der Waals surface area contributed by atoms with Crippen molar-refractivity contribution in [2.75, 3.05) is 39.7 Å². The Morgan fingerprint density at radius 3 is 1.53 bits per heavy atom. The zero-order valence-corrected chi connectivity index (χ0v) is 26.3. The van der Waals surface area contributed by atoms with Crippen LogP contribution in [0.3, 0.4) is 0 Å². The first-order chi connectivity index (χ1) is 28.5. The van der Waals surface area contributed by atoms with Gasteiger partial charge in [0.2, 0.25) is 0 Å². The Bertz CT molecular complexity index is 2330. The van der Waals surface area contributed by atoms with Gasteiger partial charge in [0.25, 0.3) is 5.09 Å². The molecule has 0 bridgehead atoms. The van der Waals surface area contributed by atoms with Gasteiger partial charge in [-0.05, 0) is 96.3 Å². The lowest BCUT2D eigenvalue weighted by Crippen LogP contribution is -2.14. The van der Waals surface area contributed by atoms with Crippen molar-refractivity contribution in [1.82, 2.24) is 0 Å². The molecule has 2 atom stereocenters. The van der Waals surface area contributed by atoms with Crippen molar-refractivity contribution in [2.45, 2.75) is 51.2 Å². The maximum Gasteiger partial charge on any atom is 0.313 e. The second-order valence-corrected chi connectivity index (χ2v) is 9.64. The number of halogens is 1. The van der Waals surface area contributed by atoms with E-state index in [9.17, 15) is 19.7 Å². The topological polar surface area (TPSA) is 123 Å². The van der Waals surface area contributed by atoms with Gasteiger partial charge in [-0.15, -0.1) is 21.7 Å². The quantitative estimate of drug-likeness (QED) is 0.0500. The summed E-state index contributed by atoms with van der Waals surface area (Å²) in [5.41, 5.74) is 0.869. The number of ether oxygens (including phenoxy) is 4. The van der Waals surface area contributed by atoms with Gasteiger partial charge in [-0.3, -0.25) is 9.59 Å². The largest absolute Gasteiger partial charge is 0.497 e. The molecule has 0 saturated carbocycles. The molecule has 0 N–H and O–H groups in total. The fraction of sp³-hybridized carbons (Fsp3) is 0.389. The molecule has 0 aromatic heterocycles. The van der Waals surface area contributed by atoms with E-state index in [1.807, 2.05) is 0 Å². The highest BCUT2D eigenvalue weighted by atomic mass is 35.5. The predicted molar refractivity (Wildman–Crippen MR) is 182 cm³/mol. The average molecular weight is 684 g/mol. The van der Waals surface area contributed by atoms with Crippen LogP contribution in [-0.4, -0.2) is 56.8 Å². The maximum atomic E-state index is 12.6.